The fourth-order valence-corrected chi connectivity index (χ4v) is 3.33. The largest absolute Gasteiger partial charge is 0.481 e. The van der Waals surface area contributed by atoms with E-state index in [2.05, 4.69) is 11.9 Å². The Hall–Kier alpha value is -1.59. The summed E-state index contributed by atoms with van der Waals surface area (Å²) in [7, 11) is 0. The highest BCUT2D eigenvalue weighted by atomic mass is 19.1. The van der Waals surface area contributed by atoms with Crippen molar-refractivity contribution in [2.45, 2.75) is 31.9 Å². The summed E-state index contributed by atoms with van der Waals surface area (Å²) in [6.45, 7) is 3.51. The number of amides is 1. The van der Waals surface area contributed by atoms with E-state index in [1.807, 2.05) is 0 Å². The molecule has 0 aromatic heterocycles. The molecule has 0 atom stereocenters. The number of alkyl halides is 1. The maximum Gasteiger partial charge on any atom is 0.407 e. The van der Waals surface area contributed by atoms with Gasteiger partial charge in [0, 0.05) is 6.54 Å². The van der Waals surface area contributed by atoms with Gasteiger partial charge in [-0.2, -0.15) is 0 Å². The Bertz CT molecular complexity index is 395. The van der Waals surface area contributed by atoms with E-state index in [4.69, 9.17) is 4.74 Å². The molecule has 0 radical (unpaired) electrons. The average Bonchev–Trinajstić information content (AvgIpc) is 2.27. The Kier molecular flexibility index (Phi) is 3.52. The summed E-state index contributed by atoms with van der Waals surface area (Å²) >= 11 is 0. The number of halogens is 1. The van der Waals surface area contributed by atoms with Gasteiger partial charge in [0.1, 0.15) is 12.8 Å². The Morgan fingerprint density at radius 1 is 1.47 bits per heavy atom. The van der Waals surface area contributed by atoms with Crippen molar-refractivity contribution in [3.8, 4) is 0 Å². The molecular weight excluding hydrogens is 253 g/mol. The number of rotatable bonds is 5. The molecular formula is C13H18FNO4. The van der Waals surface area contributed by atoms with Crippen molar-refractivity contribution < 1.29 is 23.8 Å². The zero-order valence-electron chi connectivity index (χ0n) is 10.7. The number of aliphatic carboxylic acids is 1. The van der Waals surface area contributed by atoms with Crippen LogP contribution < -0.4 is 5.32 Å². The lowest BCUT2D eigenvalue weighted by Crippen LogP contribution is -2.61. The lowest BCUT2D eigenvalue weighted by Gasteiger charge is -2.60. The van der Waals surface area contributed by atoms with Crippen LogP contribution in [0.25, 0.3) is 0 Å². The van der Waals surface area contributed by atoms with Crippen molar-refractivity contribution in [2.24, 2.45) is 10.8 Å². The zero-order valence-corrected chi connectivity index (χ0v) is 10.7. The maximum absolute atomic E-state index is 12.9. The molecule has 5 nitrogen and oxygen atoms in total. The van der Waals surface area contributed by atoms with Crippen molar-refractivity contribution in [1.82, 2.24) is 5.32 Å². The predicted octanol–water partition coefficient (Wildman–Crippen LogP) is 1.88. The monoisotopic (exact) mass is 271 g/mol. The predicted molar refractivity (Wildman–Crippen MR) is 65.4 cm³/mol. The standard InChI is InChI=1S/C13H18FNO4/c1-2-3-19-11(18)15-8-13(10(16)17)6-12(7-13)4-9(14)5-12/h2,9H,1,3-8H2,(H,15,18)(H,16,17). The lowest BCUT2D eigenvalue weighted by molar-refractivity contribution is -0.181. The van der Waals surface area contributed by atoms with Crippen LogP contribution in [0.15, 0.2) is 12.7 Å². The third-order valence-electron chi connectivity index (χ3n) is 4.09. The number of hydrogen-bond donors (Lipinski definition) is 2. The highest BCUT2D eigenvalue weighted by Gasteiger charge is 2.63. The molecule has 2 saturated carbocycles. The van der Waals surface area contributed by atoms with Crippen molar-refractivity contribution in [2.75, 3.05) is 13.2 Å². The van der Waals surface area contributed by atoms with Gasteiger partial charge in [0.05, 0.1) is 5.41 Å². The smallest absolute Gasteiger partial charge is 0.407 e. The number of hydrogen-bond acceptors (Lipinski definition) is 3. The second-order valence-electron chi connectivity index (χ2n) is 5.69. The molecule has 2 aliphatic rings. The zero-order chi connectivity index (χ0) is 14.1. The summed E-state index contributed by atoms with van der Waals surface area (Å²) < 4.78 is 17.6. The Balaban J connectivity index is 1.84. The van der Waals surface area contributed by atoms with Crippen LogP contribution in [-0.2, 0) is 9.53 Å². The Labute approximate surface area is 110 Å². The van der Waals surface area contributed by atoms with E-state index in [-0.39, 0.29) is 18.6 Å². The van der Waals surface area contributed by atoms with E-state index in [1.165, 1.54) is 6.08 Å². The molecule has 1 amide bonds. The van der Waals surface area contributed by atoms with Crippen LogP contribution in [0.1, 0.15) is 25.7 Å². The average molecular weight is 271 g/mol. The van der Waals surface area contributed by atoms with Crippen molar-refractivity contribution >= 4 is 12.1 Å². The van der Waals surface area contributed by atoms with Gasteiger partial charge < -0.3 is 15.2 Å². The van der Waals surface area contributed by atoms with Crippen LogP contribution in [-0.4, -0.2) is 36.5 Å². The van der Waals surface area contributed by atoms with Gasteiger partial charge in [0.25, 0.3) is 0 Å². The van der Waals surface area contributed by atoms with Crippen molar-refractivity contribution in [1.29, 1.82) is 0 Å². The number of nitrogens with one attached hydrogen (secondary N) is 1. The first-order valence-corrected chi connectivity index (χ1v) is 6.30. The van der Waals surface area contributed by atoms with E-state index in [0.717, 1.165) is 0 Å². The highest BCUT2D eigenvalue weighted by Crippen LogP contribution is 2.64. The first kappa shape index (κ1) is 13.8. The molecule has 0 aromatic rings. The van der Waals surface area contributed by atoms with Crippen LogP contribution in [0.4, 0.5) is 9.18 Å². The Morgan fingerprint density at radius 3 is 2.58 bits per heavy atom. The Morgan fingerprint density at radius 2 is 2.11 bits per heavy atom. The first-order chi connectivity index (χ1) is 8.91. The molecule has 0 bridgehead atoms. The van der Waals surface area contributed by atoms with E-state index in [1.54, 1.807) is 0 Å². The summed E-state index contributed by atoms with van der Waals surface area (Å²) in [5.74, 6) is -0.940. The van der Waals surface area contributed by atoms with Gasteiger partial charge in [0.2, 0.25) is 0 Å². The summed E-state index contributed by atoms with van der Waals surface area (Å²) in [6, 6.07) is 0. The number of ether oxygens (including phenoxy) is 1. The summed E-state index contributed by atoms with van der Waals surface area (Å²) in [5.41, 5.74) is -1.11. The molecule has 2 rings (SSSR count). The van der Waals surface area contributed by atoms with Crippen LogP contribution >= 0.6 is 0 Å². The van der Waals surface area contributed by atoms with Gasteiger partial charge in [0.15, 0.2) is 0 Å². The fourth-order valence-electron chi connectivity index (χ4n) is 3.33. The molecule has 0 saturated heterocycles. The van der Waals surface area contributed by atoms with E-state index < -0.39 is 23.6 Å². The van der Waals surface area contributed by atoms with Gasteiger partial charge in [-0.25, -0.2) is 9.18 Å². The fraction of sp³-hybridized carbons (Fsp3) is 0.692. The molecule has 0 unspecified atom stereocenters. The number of carbonyl (C=O) groups excluding carboxylic acids is 1. The maximum atomic E-state index is 12.9. The van der Waals surface area contributed by atoms with Gasteiger partial charge in [-0.3, -0.25) is 4.79 Å². The normalized spacial score (nSPS) is 35.9. The number of carboxylic acids is 1. The first-order valence-electron chi connectivity index (χ1n) is 6.30. The van der Waals surface area contributed by atoms with Gasteiger partial charge in [-0.15, -0.1) is 0 Å². The number of carbonyl (C=O) groups is 2. The second kappa shape index (κ2) is 4.83. The minimum absolute atomic E-state index is 0.0248. The topological polar surface area (TPSA) is 75.6 Å². The molecule has 19 heavy (non-hydrogen) atoms. The quantitative estimate of drug-likeness (QED) is 0.749. The third kappa shape index (κ3) is 2.57. The number of carboxylic acid groups (broad SMARTS) is 1. The molecule has 2 N–H and O–H groups in total. The van der Waals surface area contributed by atoms with Gasteiger partial charge in [-0.05, 0) is 31.1 Å². The molecule has 0 aromatic carbocycles. The van der Waals surface area contributed by atoms with Crippen LogP contribution in [0, 0.1) is 10.8 Å². The molecule has 106 valence electrons. The molecule has 2 aliphatic carbocycles. The minimum Gasteiger partial charge on any atom is -0.481 e. The van der Waals surface area contributed by atoms with Crippen molar-refractivity contribution in [3.05, 3.63) is 12.7 Å². The number of alkyl carbamates (subject to hydrolysis) is 1. The van der Waals surface area contributed by atoms with Crippen molar-refractivity contribution in [3.63, 3.8) is 0 Å². The van der Waals surface area contributed by atoms with Crippen LogP contribution in [0.2, 0.25) is 0 Å². The minimum atomic E-state index is -0.965. The summed E-state index contributed by atoms with van der Waals surface area (Å²) in [4.78, 5) is 22.6. The molecule has 0 heterocycles. The van der Waals surface area contributed by atoms with Gasteiger partial charge in [-0.1, -0.05) is 12.7 Å². The second-order valence-corrected chi connectivity index (χ2v) is 5.69. The van der Waals surface area contributed by atoms with E-state index in [0.29, 0.717) is 25.7 Å². The SMILES string of the molecule is C=CCOC(=O)NCC1(C(=O)O)CC2(CC(F)C2)C1. The highest BCUT2D eigenvalue weighted by molar-refractivity contribution is 5.78. The van der Waals surface area contributed by atoms with E-state index in [9.17, 15) is 19.1 Å². The molecule has 0 aliphatic heterocycles. The molecule has 2 fully saturated rings. The summed E-state index contributed by atoms with van der Waals surface area (Å²) in [5, 5.41) is 11.7. The van der Waals surface area contributed by atoms with Crippen LogP contribution in [0.5, 0.6) is 0 Å². The summed E-state index contributed by atoms with van der Waals surface area (Å²) in [6.07, 6.45) is 1.73. The van der Waals surface area contributed by atoms with Crippen LogP contribution in [0.3, 0.4) is 0 Å². The van der Waals surface area contributed by atoms with Gasteiger partial charge >= 0.3 is 12.1 Å². The molecule has 1 spiro atoms. The third-order valence-corrected chi connectivity index (χ3v) is 4.09. The van der Waals surface area contributed by atoms with E-state index >= 15 is 0 Å². The molecule has 6 heteroatoms. The lowest BCUT2D eigenvalue weighted by atomic mass is 9.44.